The zero-order valence-corrected chi connectivity index (χ0v) is 19.5. The lowest BCUT2D eigenvalue weighted by Gasteiger charge is -2.32. The van der Waals surface area contributed by atoms with Gasteiger partial charge in [0, 0.05) is 43.1 Å². The van der Waals surface area contributed by atoms with E-state index in [1.54, 1.807) is 48.2 Å². The maximum absolute atomic E-state index is 12.8. The molecule has 2 aromatic rings. The number of amides is 2. The van der Waals surface area contributed by atoms with E-state index in [0.29, 0.717) is 42.8 Å². The molecule has 1 aliphatic heterocycles. The van der Waals surface area contributed by atoms with Crippen molar-refractivity contribution in [2.45, 2.75) is 45.6 Å². The Balaban J connectivity index is 1.40. The number of hydrogen-bond acceptors (Lipinski definition) is 6. The Labute approximate surface area is 199 Å². The molecule has 34 heavy (non-hydrogen) atoms. The molecule has 3 rings (SSSR count). The normalized spacial score (nSPS) is 13.8. The third-order valence-electron chi connectivity index (χ3n) is 5.66. The van der Waals surface area contributed by atoms with E-state index in [1.807, 2.05) is 19.1 Å². The van der Waals surface area contributed by atoms with Crippen molar-refractivity contribution in [1.82, 2.24) is 10.2 Å². The number of nitrogens with one attached hydrogen (secondary N) is 1. The zero-order chi connectivity index (χ0) is 24.5. The number of Topliss-reactive ketones (excluding diaryl/α,β-unsaturated/α-hetero) is 1. The summed E-state index contributed by atoms with van der Waals surface area (Å²) in [6.45, 7) is 4.91. The van der Waals surface area contributed by atoms with Crippen molar-refractivity contribution < 1.29 is 28.7 Å². The molecule has 1 N–H and O–H groups in total. The van der Waals surface area contributed by atoms with Crippen LogP contribution in [0.5, 0.6) is 5.75 Å². The molecule has 1 saturated heterocycles. The van der Waals surface area contributed by atoms with Crippen molar-refractivity contribution in [2.75, 3.05) is 19.7 Å². The summed E-state index contributed by atoms with van der Waals surface area (Å²) in [7, 11) is 0. The quantitative estimate of drug-likeness (QED) is 0.360. The minimum atomic E-state index is -0.787. The molecule has 8 heteroatoms. The summed E-state index contributed by atoms with van der Waals surface area (Å²) >= 11 is 0. The Morgan fingerprint density at radius 2 is 1.53 bits per heavy atom. The Morgan fingerprint density at radius 3 is 2.15 bits per heavy atom. The van der Waals surface area contributed by atoms with Crippen LogP contribution in [0.15, 0.2) is 48.5 Å². The van der Waals surface area contributed by atoms with Crippen LogP contribution in [0.2, 0.25) is 0 Å². The van der Waals surface area contributed by atoms with Gasteiger partial charge in [-0.2, -0.15) is 0 Å². The van der Waals surface area contributed by atoms with Crippen LogP contribution in [0.1, 0.15) is 58.9 Å². The van der Waals surface area contributed by atoms with Gasteiger partial charge in [0.1, 0.15) is 5.75 Å². The topological polar surface area (TPSA) is 102 Å². The first kappa shape index (κ1) is 25.0. The molecule has 0 unspecified atom stereocenters. The predicted molar refractivity (Wildman–Crippen MR) is 126 cm³/mol. The number of ether oxygens (including phenoxy) is 2. The number of piperidine rings is 1. The van der Waals surface area contributed by atoms with Crippen molar-refractivity contribution >= 4 is 23.8 Å². The minimum absolute atomic E-state index is 0.0219. The lowest BCUT2D eigenvalue weighted by atomic mass is 10.0. The van der Waals surface area contributed by atoms with E-state index in [2.05, 4.69) is 5.32 Å². The summed E-state index contributed by atoms with van der Waals surface area (Å²) < 4.78 is 9.73. The predicted octanol–water partition coefficient (Wildman–Crippen LogP) is 3.91. The molecule has 0 aromatic heterocycles. The Bertz CT molecular complexity index is 1010. The van der Waals surface area contributed by atoms with E-state index >= 15 is 0 Å². The molecular formula is C26H30N2O6. The van der Waals surface area contributed by atoms with E-state index in [-0.39, 0.29) is 43.1 Å². The smallest absolute Gasteiger partial charge is 0.434 e. The molecule has 0 bridgehead atoms. The fourth-order valence-corrected chi connectivity index (χ4v) is 3.73. The fourth-order valence-electron chi connectivity index (χ4n) is 3.73. The lowest BCUT2D eigenvalue weighted by Crippen LogP contribution is -2.46. The van der Waals surface area contributed by atoms with Gasteiger partial charge in [0.2, 0.25) is 5.91 Å². The number of carbonyl (C=O) groups is 4. The Morgan fingerprint density at radius 1 is 0.912 bits per heavy atom. The van der Waals surface area contributed by atoms with Crippen LogP contribution in [0.25, 0.3) is 0 Å². The number of nitrogens with zero attached hydrogens (tertiary/aromatic N) is 1. The summed E-state index contributed by atoms with van der Waals surface area (Å²) in [5.74, 6) is -0.00916. The van der Waals surface area contributed by atoms with Crippen molar-refractivity contribution in [2.24, 2.45) is 0 Å². The van der Waals surface area contributed by atoms with Crippen molar-refractivity contribution in [3.63, 3.8) is 0 Å². The van der Waals surface area contributed by atoms with Crippen molar-refractivity contribution in [3.8, 4) is 5.75 Å². The molecule has 180 valence electrons. The molecule has 0 spiro atoms. The SMILES string of the molecule is CCOC(=O)Oc1ccc(C(=O)N2CCC(NC(=O)CCC(=O)c3ccc(C)cc3)CC2)cc1. The van der Waals surface area contributed by atoms with Gasteiger partial charge in [-0.1, -0.05) is 29.8 Å². The van der Waals surface area contributed by atoms with Crippen LogP contribution in [-0.2, 0) is 9.53 Å². The summed E-state index contributed by atoms with van der Waals surface area (Å²) in [5.41, 5.74) is 2.19. The van der Waals surface area contributed by atoms with Crippen molar-refractivity contribution in [1.29, 1.82) is 0 Å². The molecule has 2 amide bonds. The van der Waals surface area contributed by atoms with Crippen molar-refractivity contribution in [3.05, 3.63) is 65.2 Å². The zero-order valence-electron chi connectivity index (χ0n) is 19.5. The molecule has 1 heterocycles. The third-order valence-corrected chi connectivity index (χ3v) is 5.66. The van der Waals surface area contributed by atoms with E-state index in [1.165, 1.54) is 0 Å². The van der Waals surface area contributed by atoms with Gasteiger partial charge in [0.05, 0.1) is 6.61 Å². The van der Waals surface area contributed by atoms with Crippen LogP contribution < -0.4 is 10.1 Å². The van der Waals surface area contributed by atoms with Gasteiger partial charge >= 0.3 is 6.16 Å². The molecule has 1 aliphatic rings. The van der Waals surface area contributed by atoms with E-state index in [4.69, 9.17) is 9.47 Å². The van der Waals surface area contributed by atoms with Crippen LogP contribution in [-0.4, -0.2) is 54.4 Å². The maximum atomic E-state index is 12.8. The average molecular weight is 467 g/mol. The maximum Gasteiger partial charge on any atom is 0.513 e. The summed E-state index contributed by atoms with van der Waals surface area (Å²) in [6, 6.07) is 13.6. The van der Waals surface area contributed by atoms with Gasteiger partial charge in [-0.25, -0.2) is 4.79 Å². The van der Waals surface area contributed by atoms with Crippen LogP contribution >= 0.6 is 0 Å². The molecule has 1 fully saturated rings. The second-order valence-corrected chi connectivity index (χ2v) is 8.23. The standard InChI is InChI=1S/C26H30N2O6/c1-3-33-26(32)34-22-10-8-20(9-11-22)25(31)28-16-14-21(15-17-28)27-24(30)13-12-23(29)19-6-4-18(2)5-7-19/h4-11,21H,3,12-17H2,1-2H3,(H,27,30). The largest absolute Gasteiger partial charge is 0.513 e. The molecule has 0 aliphatic carbocycles. The average Bonchev–Trinajstić information content (AvgIpc) is 2.83. The third kappa shape index (κ3) is 7.16. The summed E-state index contributed by atoms with van der Waals surface area (Å²) in [4.78, 5) is 50.4. The number of likely N-dealkylation sites (tertiary alicyclic amines) is 1. The number of benzene rings is 2. The molecule has 2 aromatic carbocycles. The number of carbonyl (C=O) groups excluding carboxylic acids is 4. The molecule has 0 saturated carbocycles. The van der Waals surface area contributed by atoms with Gasteiger partial charge in [-0.15, -0.1) is 0 Å². The lowest BCUT2D eigenvalue weighted by molar-refractivity contribution is -0.122. The molecule has 0 radical (unpaired) electrons. The van der Waals surface area contributed by atoms with Gasteiger partial charge in [-0.3, -0.25) is 14.4 Å². The molecule has 8 nitrogen and oxygen atoms in total. The van der Waals surface area contributed by atoms with Crippen LogP contribution in [0, 0.1) is 6.92 Å². The number of rotatable bonds is 8. The summed E-state index contributed by atoms with van der Waals surface area (Å²) in [5, 5.41) is 2.98. The van der Waals surface area contributed by atoms with Gasteiger partial charge in [0.25, 0.3) is 5.91 Å². The fraction of sp³-hybridized carbons (Fsp3) is 0.385. The number of aryl methyl sites for hydroxylation is 1. The number of hydrogen-bond donors (Lipinski definition) is 1. The molecular weight excluding hydrogens is 436 g/mol. The number of ketones is 1. The van der Waals surface area contributed by atoms with Crippen LogP contribution in [0.4, 0.5) is 4.79 Å². The van der Waals surface area contributed by atoms with E-state index in [0.717, 1.165) is 5.56 Å². The second-order valence-electron chi connectivity index (χ2n) is 8.23. The second kappa shape index (κ2) is 12.0. The first-order chi connectivity index (χ1) is 16.4. The Hall–Kier alpha value is -3.68. The monoisotopic (exact) mass is 466 g/mol. The minimum Gasteiger partial charge on any atom is -0.434 e. The van der Waals surface area contributed by atoms with E-state index < -0.39 is 6.16 Å². The Kier molecular flexibility index (Phi) is 8.79. The van der Waals surface area contributed by atoms with Gasteiger partial charge in [-0.05, 0) is 51.0 Å². The highest BCUT2D eigenvalue weighted by Gasteiger charge is 2.25. The molecule has 0 atom stereocenters. The highest BCUT2D eigenvalue weighted by atomic mass is 16.7. The first-order valence-corrected chi connectivity index (χ1v) is 11.5. The highest BCUT2D eigenvalue weighted by molar-refractivity contribution is 5.98. The van der Waals surface area contributed by atoms with E-state index in [9.17, 15) is 19.2 Å². The first-order valence-electron chi connectivity index (χ1n) is 11.5. The highest BCUT2D eigenvalue weighted by Crippen LogP contribution is 2.18. The van der Waals surface area contributed by atoms with Gasteiger partial charge in [0.15, 0.2) is 5.78 Å². The van der Waals surface area contributed by atoms with Gasteiger partial charge < -0.3 is 19.7 Å². The summed E-state index contributed by atoms with van der Waals surface area (Å²) in [6.07, 6.45) is 0.819. The van der Waals surface area contributed by atoms with Crippen LogP contribution in [0.3, 0.4) is 0 Å².